The number of aromatic hydroxyl groups is 1. The fourth-order valence-corrected chi connectivity index (χ4v) is 8.13. The highest BCUT2D eigenvalue weighted by molar-refractivity contribution is 8.00. The molecule has 4 heterocycles. The average Bonchev–Trinajstić information content (AvgIpc) is 3.40. The van der Waals surface area contributed by atoms with E-state index in [2.05, 4.69) is 0 Å². The number of fused-ring (bicyclic) bond motifs is 2. The van der Waals surface area contributed by atoms with Gasteiger partial charge in [-0.25, -0.2) is 4.90 Å². The van der Waals surface area contributed by atoms with Crippen molar-refractivity contribution in [2.24, 2.45) is 5.92 Å². The van der Waals surface area contributed by atoms with E-state index in [0.717, 1.165) is 28.0 Å². The molecule has 2 saturated heterocycles. The second kappa shape index (κ2) is 10.2. The van der Waals surface area contributed by atoms with Gasteiger partial charge in [0.05, 0.1) is 34.8 Å². The van der Waals surface area contributed by atoms with E-state index in [1.165, 1.54) is 34.9 Å². The first-order chi connectivity index (χ1) is 19.3. The van der Waals surface area contributed by atoms with E-state index in [4.69, 9.17) is 4.74 Å². The summed E-state index contributed by atoms with van der Waals surface area (Å²) in [5.41, 5.74) is 0.395. The third kappa shape index (κ3) is 4.28. The molecule has 0 spiro atoms. The Morgan fingerprint density at radius 1 is 1.05 bits per heavy atom. The minimum Gasteiger partial charge on any atom is -0.508 e. The summed E-state index contributed by atoms with van der Waals surface area (Å²) in [6.45, 7) is 1.42. The van der Waals surface area contributed by atoms with Crippen molar-refractivity contribution in [2.75, 3.05) is 31.2 Å². The van der Waals surface area contributed by atoms with Gasteiger partial charge in [0.25, 0.3) is 5.69 Å². The number of phenolic OH excluding ortho intramolecular Hbond substituents is 1. The molecule has 1 N–H and O–H groups in total. The Hall–Kier alpha value is -4.01. The lowest BCUT2D eigenvalue weighted by molar-refractivity contribution is -0.384. The van der Waals surface area contributed by atoms with E-state index < -0.39 is 38.7 Å². The predicted octanol–water partition coefficient (Wildman–Crippen LogP) is 2.18. The maximum Gasteiger partial charge on any atom is 0.308 e. The number of carbonyl (C=O) groups excluding carboxylic acids is 3. The fourth-order valence-electron chi connectivity index (χ4n) is 5.37. The van der Waals surface area contributed by atoms with Crippen LogP contribution in [-0.4, -0.2) is 68.8 Å². The van der Waals surface area contributed by atoms with Gasteiger partial charge in [-0.05, 0) is 18.2 Å². The van der Waals surface area contributed by atoms with Crippen LogP contribution < -0.4 is 9.77 Å². The largest absolute Gasteiger partial charge is 0.508 e. The summed E-state index contributed by atoms with van der Waals surface area (Å²) in [5, 5.41) is 21.4. The summed E-state index contributed by atoms with van der Waals surface area (Å²) in [7, 11) is 0. The van der Waals surface area contributed by atoms with Gasteiger partial charge in [0.2, 0.25) is 17.7 Å². The van der Waals surface area contributed by atoms with Crippen molar-refractivity contribution in [1.29, 1.82) is 0 Å². The quantitative estimate of drug-likeness (QED) is 0.271. The van der Waals surface area contributed by atoms with Gasteiger partial charge in [-0.3, -0.25) is 33.9 Å². The summed E-state index contributed by atoms with van der Waals surface area (Å²) in [5.74, 6) is -3.19. The molecule has 2 fully saturated rings. The molecule has 6 rings (SSSR count). The predicted molar refractivity (Wildman–Crippen MR) is 145 cm³/mol. The molecule has 0 aliphatic carbocycles. The van der Waals surface area contributed by atoms with Crippen LogP contribution in [0.25, 0.3) is 0 Å². The Kier molecular flexibility index (Phi) is 6.68. The number of anilines is 1. The van der Waals surface area contributed by atoms with Crippen LogP contribution in [0.3, 0.4) is 0 Å². The van der Waals surface area contributed by atoms with Crippen molar-refractivity contribution in [3.8, 4) is 5.75 Å². The minimum atomic E-state index is -0.949. The van der Waals surface area contributed by atoms with E-state index in [9.17, 15) is 34.4 Å². The van der Waals surface area contributed by atoms with Crippen LogP contribution in [0, 0.1) is 16.0 Å². The maximum absolute atomic E-state index is 13.9. The Morgan fingerprint density at radius 3 is 2.42 bits per heavy atom. The zero-order chi connectivity index (χ0) is 28.1. The second-order valence-electron chi connectivity index (χ2n) is 9.50. The van der Waals surface area contributed by atoms with Crippen LogP contribution in [-0.2, 0) is 25.7 Å². The van der Waals surface area contributed by atoms with Gasteiger partial charge in [-0.15, -0.1) is 0 Å². The molecule has 3 aliphatic rings. The molecule has 3 aromatic rings. The number of benzene rings is 2. The number of phenols is 1. The number of ether oxygens (including phenoxy) is 1. The number of non-ortho nitro benzene ring substituents is 1. The molecule has 206 valence electrons. The second-order valence-corrected chi connectivity index (χ2v) is 11.6. The molecule has 3 aliphatic heterocycles. The highest BCUT2D eigenvalue weighted by Crippen LogP contribution is 2.55. The van der Waals surface area contributed by atoms with E-state index >= 15 is 0 Å². The standard InChI is InChI=1S/C26H22N4O8S2/c31-17-4-2-1-3-16(17)19-20-21(24(34)29(23(20)33)14-5-7-15(8-6-14)30(36)37)39-25-22(19)40-26(35)28(25)13-18(32)27-9-11-38-12-10-27/h1-8,19-21,31H,9-13H2. The first-order valence-corrected chi connectivity index (χ1v) is 14.1. The van der Waals surface area contributed by atoms with Crippen LogP contribution in [0.4, 0.5) is 11.4 Å². The lowest BCUT2D eigenvalue weighted by atomic mass is 9.82. The molecule has 0 radical (unpaired) electrons. The van der Waals surface area contributed by atoms with Crippen molar-refractivity contribution in [1.82, 2.24) is 9.47 Å². The zero-order valence-corrected chi connectivity index (χ0v) is 22.4. The number of nitro groups is 1. The summed E-state index contributed by atoms with van der Waals surface area (Å²) < 4.78 is 6.66. The van der Waals surface area contributed by atoms with E-state index in [0.29, 0.717) is 41.8 Å². The molecule has 3 amide bonds. The molecule has 40 heavy (non-hydrogen) atoms. The number of aromatic nitrogens is 1. The number of morpholine rings is 1. The van der Waals surface area contributed by atoms with Gasteiger partial charge in [-0.2, -0.15) is 0 Å². The van der Waals surface area contributed by atoms with E-state index in [-0.39, 0.29) is 29.6 Å². The van der Waals surface area contributed by atoms with Crippen molar-refractivity contribution in [2.45, 2.75) is 22.7 Å². The van der Waals surface area contributed by atoms with Gasteiger partial charge >= 0.3 is 4.87 Å². The maximum atomic E-state index is 13.9. The number of imide groups is 1. The van der Waals surface area contributed by atoms with Crippen molar-refractivity contribution >= 4 is 52.2 Å². The van der Waals surface area contributed by atoms with Gasteiger partial charge in [0.15, 0.2) is 0 Å². The lowest BCUT2D eigenvalue weighted by Crippen LogP contribution is -2.43. The molecule has 2 aromatic carbocycles. The van der Waals surface area contributed by atoms with Crippen molar-refractivity contribution < 1.29 is 29.2 Å². The molecule has 3 atom stereocenters. The fraction of sp³-hybridized carbons (Fsp3) is 0.308. The number of para-hydroxylation sites is 1. The number of rotatable bonds is 5. The smallest absolute Gasteiger partial charge is 0.308 e. The number of nitrogens with zero attached hydrogens (tertiary/aromatic N) is 4. The number of hydrogen-bond donors (Lipinski definition) is 1. The number of amides is 3. The first-order valence-electron chi connectivity index (χ1n) is 12.4. The molecular formula is C26H22N4O8S2. The summed E-state index contributed by atoms with van der Waals surface area (Å²) >= 11 is 1.96. The van der Waals surface area contributed by atoms with Crippen LogP contribution >= 0.6 is 23.1 Å². The minimum absolute atomic E-state index is 0.0880. The lowest BCUT2D eigenvalue weighted by Gasteiger charge is -2.31. The average molecular weight is 583 g/mol. The van der Waals surface area contributed by atoms with Gasteiger partial charge in [0.1, 0.15) is 17.5 Å². The number of nitro benzene ring substituents is 1. The molecule has 12 nitrogen and oxygen atoms in total. The molecule has 0 saturated carbocycles. The van der Waals surface area contributed by atoms with Gasteiger partial charge < -0.3 is 14.7 Å². The monoisotopic (exact) mass is 582 g/mol. The highest BCUT2D eigenvalue weighted by atomic mass is 32.2. The number of hydrogen-bond acceptors (Lipinski definition) is 10. The van der Waals surface area contributed by atoms with Gasteiger partial charge in [0, 0.05) is 41.6 Å². The van der Waals surface area contributed by atoms with E-state index in [1.54, 1.807) is 23.1 Å². The Labute approximate surface area is 234 Å². The van der Waals surface area contributed by atoms with E-state index in [1.807, 2.05) is 0 Å². The summed E-state index contributed by atoms with van der Waals surface area (Å²) in [4.78, 5) is 67.2. The third-order valence-corrected chi connectivity index (χ3v) is 9.90. The first kappa shape index (κ1) is 26.2. The normalized spacial score (nSPS) is 22.2. The number of carbonyl (C=O) groups is 3. The van der Waals surface area contributed by atoms with Gasteiger partial charge in [-0.1, -0.05) is 41.3 Å². The molecular weight excluding hydrogens is 560 g/mol. The van der Waals surface area contributed by atoms with Crippen molar-refractivity contribution in [3.05, 3.63) is 78.8 Å². The Morgan fingerprint density at radius 2 is 1.75 bits per heavy atom. The number of thioether (sulfide) groups is 1. The Balaban J connectivity index is 1.43. The third-order valence-electron chi connectivity index (χ3n) is 7.30. The van der Waals surface area contributed by atoms with Crippen LogP contribution in [0.5, 0.6) is 5.75 Å². The molecule has 1 aromatic heterocycles. The zero-order valence-electron chi connectivity index (χ0n) is 20.8. The molecule has 0 bridgehead atoms. The Bertz CT molecular complexity index is 1590. The summed E-state index contributed by atoms with van der Waals surface area (Å²) in [6.07, 6.45) is 0. The van der Waals surface area contributed by atoms with Crippen molar-refractivity contribution in [3.63, 3.8) is 0 Å². The van der Waals surface area contributed by atoms with Crippen LogP contribution in [0.1, 0.15) is 16.4 Å². The topological polar surface area (TPSA) is 152 Å². The summed E-state index contributed by atoms with van der Waals surface area (Å²) in [6, 6.07) is 11.6. The highest BCUT2D eigenvalue weighted by Gasteiger charge is 2.57. The SMILES string of the molecule is O=C(Cn1c2c(sc1=O)C(c1ccccc1O)C1C(=O)N(c3ccc([N+](=O)[O-])cc3)C(=O)C1S2)N1CCOCC1. The molecule has 14 heteroatoms. The number of thiazole rings is 1. The van der Waals surface area contributed by atoms with Crippen LogP contribution in [0.15, 0.2) is 58.4 Å². The molecule has 3 unspecified atom stereocenters. The van der Waals surface area contributed by atoms with Crippen LogP contribution in [0.2, 0.25) is 0 Å².